The van der Waals surface area contributed by atoms with E-state index in [-0.39, 0.29) is 0 Å². The summed E-state index contributed by atoms with van der Waals surface area (Å²) in [6, 6.07) is 13.8. The molecule has 0 bridgehead atoms. The van der Waals surface area contributed by atoms with Crippen LogP contribution in [0.4, 0.5) is 0 Å². The number of benzene rings is 2. The third kappa shape index (κ3) is 2.25. The summed E-state index contributed by atoms with van der Waals surface area (Å²) in [4.78, 5) is 11.5. The van der Waals surface area contributed by atoms with Crippen molar-refractivity contribution in [1.82, 2.24) is 0 Å². The summed E-state index contributed by atoms with van der Waals surface area (Å²) in [6.07, 6.45) is 0. The van der Waals surface area contributed by atoms with Crippen LogP contribution in [0.3, 0.4) is 0 Å². The molecule has 0 atom stereocenters. The van der Waals surface area contributed by atoms with Crippen molar-refractivity contribution >= 4 is 16.8 Å². The van der Waals surface area contributed by atoms with Crippen molar-refractivity contribution in [3.05, 3.63) is 59.2 Å². The number of rotatable bonds is 2. The van der Waals surface area contributed by atoms with Crippen molar-refractivity contribution in [3.63, 3.8) is 0 Å². The lowest BCUT2D eigenvalue weighted by Gasteiger charge is -2.11. The van der Waals surface area contributed by atoms with Gasteiger partial charge in [0.25, 0.3) is 5.24 Å². The van der Waals surface area contributed by atoms with Crippen LogP contribution in [0, 0.1) is 13.8 Å². The van der Waals surface area contributed by atoms with Crippen LogP contribution in [-0.4, -0.2) is 5.24 Å². The second-order valence-corrected chi connectivity index (χ2v) is 4.43. The Hall–Kier alpha value is -1.60. The van der Waals surface area contributed by atoms with Gasteiger partial charge in [-0.25, -0.2) is 0 Å². The van der Waals surface area contributed by atoms with Crippen LogP contribution < -0.4 is 0 Å². The molecule has 2 heteroatoms. The third-order valence-corrected chi connectivity index (χ3v) is 3.09. The Morgan fingerprint density at radius 2 is 1.47 bits per heavy atom. The van der Waals surface area contributed by atoms with Crippen molar-refractivity contribution in [2.24, 2.45) is 0 Å². The summed E-state index contributed by atoms with van der Waals surface area (Å²) < 4.78 is 0. The van der Waals surface area contributed by atoms with Crippen molar-refractivity contribution in [2.75, 3.05) is 0 Å². The molecule has 17 heavy (non-hydrogen) atoms. The van der Waals surface area contributed by atoms with E-state index >= 15 is 0 Å². The SMILES string of the molecule is Cc1ccccc1-c1cccc(C)c1C(=O)Cl. The number of halogens is 1. The van der Waals surface area contributed by atoms with Crippen LogP contribution in [0.15, 0.2) is 42.5 Å². The number of hydrogen-bond acceptors (Lipinski definition) is 1. The molecule has 0 aliphatic carbocycles. The van der Waals surface area contributed by atoms with Gasteiger partial charge in [0.15, 0.2) is 0 Å². The van der Waals surface area contributed by atoms with Crippen molar-refractivity contribution in [1.29, 1.82) is 0 Å². The van der Waals surface area contributed by atoms with Gasteiger partial charge >= 0.3 is 0 Å². The van der Waals surface area contributed by atoms with Crippen molar-refractivity contribution in [3.8, 4) is 11.1 Å². The highest BCUT2D eigenvalue weighted by Gasteiger charge is 2.14. The van der Waals surface area contributed by atoms with Gasteiger partial charge in [0.2, 0.25) is 0 Å². The normalized spacial score (nSPS) is 10.3. The molecule has 0 saturated carbocycles. The first kappa shape index (κ1) is 11.9. The van der Waals surface area contributed by atoms with Gasteiger partial charge in [0, 0.05) is 5.56 Å². The standard InChI is InChI=1S/C15H13ClO/c1-10-6-3-4-8-12(10)13-9-5-7-11(2)14(13)15(16)17/h3-9H,1-2H3. The van der Waals surface area contributed by atoms with Gasteiger partial charge in [-0.15, -0.1) is 0 Å². The van der Waals surface area contributed by atoms with Crippen LogP contribution in [-0.2, 0) is 0 Å². The zero-order chi connectivity index (χ0) is 12.4. The fraction of sp³-hybridized carbons (Fsp3) is 0.133. The quantitative estimate of drug-likeness (QED) is 0.718. The predicted octanol–water partition coefficient (Wildman–Crippen LogP) is 4.35. The zero-order valence-corrected chi connectivity index (χ0v) is 10.6. The molecule has 0 spiro atoms. The lowest BCUT2D eigenvalue weighted by Crippen LogP contribution is -1.98. The van der Waals surface area contributed by atoms with E-state index in [0.717, 1.165) is 22.3 Å². The van der Waals surface area contributed by atoms with E-state index < -0.39 is 5.24 Å². The molecule has 0 aliphatic rings. The minimum Gasteiger partial charge on any atom is -0.276 e. The van der Waals surface area contributed by atoms with Gasteiger partial charge in [-0.1, -0.05) is 42.5 Å². The summed E-state index contributed by atoms with van der Waals surface area (Å²) in [5.74, 6) is 0. The topological polar surface area (TPSA) is 17.1 Å². The molecule has 0 fully saturated rings. The molecular weight excluding hydrogens is 232 g/mol. The average Bonchev–Trinajstić information content (AvgIpc) is 2.28. The van der Waals surface area contributed by atoms with Crippen molar-refractivity contribution < 1.29 is 4.79 Å². The highest BCUT2D eigenvalue weighted by Crippen LogP contribution is 2.29. The van der Waals surface area contributed by atoms with Crippen LogP contribution in [0.2, 0.25) is 0 Å². The fourth-order valence-electron chi connectivity index (χ4n) is 2.03. The molecular formula is C15H13ClO. The first-order valence-corrected chi connectivity index (χ1v) is 5.84. The number of hydrogen-bond donors (Lipinski definition) is 0. The molecule has 0 amide bonds. The molecule has 2 rings (SSSR count). The monoisotopic (exact) mass is 244 g/mol. The van der Waals surface area contributed by atoms with Gasteiger partial charge in [-0.05, 0) is 47.7 Å². The maximum Gasteiger partial charge on any atom is 0.253 e. The first-order valence-electron chi connectivity index (χ1n) is 5.46. The fourth-order valence-corrected chi connectivity index (χ4v) is 2.28. The lowest BCUT2D eigenvalue weighted by atomic mass is 9.94. The summed E-state index contributed by atoms with van der Waals surface area (Å²) in [7, 11) is 0. The smallest absolute Gasteiger partial charge is 0.253 e. The van der Waals surface area contributed by atoms with E-state index in [1.165, 1.54) is 0 Å². The molecule has 0 N–H and O–H groups in total. The molecule has 0 unspecified atom stereocenters. The van der Waals surface area contributed by atoms with Crippen LogP contribution in [0.25, 0.3) is 11.1 Å². The second kappa shape index (κ2) is 4.72. The molecule has 0 radical (unpaired) electrons. The number of carbonyl (C=O) groups excluding carboxylic acids is 1. The van der Waals surface area contributed by atoms with E-state index in [2.05, 4.69) is 0 Å². The van der Waals surface area contributed by atoms with E-state index in [4.69, 9.17) is 11.6 Å². The number of carbonyl (C=O) groups is 1. The Bertz CT molecular complexity index is 573. The van der Waals surface area contributed by atoms with E-state index in [1.54, 1.807) is 0 Å². The average molecular weight is 245 g/mol. The maximum absolute atomic E-state index is 11.5. The molecule has 86 valence electrons. The van der Waals surface area contributed by atoms with Gasteiger partial charge in [-0.2, -0.15) is 0 Å². The predicted molar refractivity (Wildman–Crippen MR) is 71.5 cm³/mol. The van der Waals surface area contributed by atoms with Gasteiger partial charge in [0.05, 0.1) is 0 Å². The molecule has 0 aromatic heterocycles. The van der Waals surface area contributed by atoms with Crippen LogP contribution in [0.1, 0.15) is 21.5 Å². The molecule has 1 nitrogen and oxygen atoms in total. The van der Waals surface area contributed by atoms with Crippen molar-refractivity contribution in [2.45, 2.75) is 13.8 Å². The van der Waals surface area contributed by atoms with Gasteiger partial charge < -0.3 is 0 Å². The molecule has 2 aromatic rings. The minimum atomic E-state index is -0.402. The Morgan fingerprint density at radius 3 is 2.12 bits per heavy atom. The maximum atomic E-state index is 11.5. The second-order valence-electron chi connectivity index (χ2n) is 4.09. The van der Waals surface area contributed by atoms with E-state index in [9.17, 15) is 4.79 Å². The van der Waals surface area contributed by atoms with Crippen LogP contribution in [0.5, 0.6) is 0 Å². The molecule has 2 aromatic carbocycles. The summed E-state index contributed by atoms with van der Waals surface area (Å²) >= 11 is 5.68. The highest BCUT2D eigenvalue weighted by molar-refractivity contribution is 6.68. The summed E-state index contributed by atoms with van der Waals surface area (Å²) in [5.41, 5.74) is 4.61. The lowest BCUT2D eigenvalue weighted by molar-refractivity contribution is 0.108. The third-order valence-electron chi connectivity index (χ3n) is 2.90. The number of aryl methyl sites for hydroxylation is 2. The van der Waals surface area contributed by atoms with Gasteiger partial charge in [0.1, 0.15) is 0 Å². The Labute approximate surface area is 106 Å². The highest BCUT2D eigenvalue weighted by atomic mass is 35.5. The Balaban J connectivity index is 2.72. The van der Waals surface area contributed by atoms with E-state index in [1.807, 2.05) is 56.3 Å². The Kier molecular flexibility index (Phi) is 3.30. The summed E-state index contributed by atoms with van der Waals surface area (Å²) in [6.45, 7) is 3.93. The molecule has 0 aliphatic heterocycles. The summed E-state index contributed by atoms with van der Waals surface area (Å²) in [5, 5.41) is -0.402. The Morgan fingerprint density at radius 1 is 0.882 bits per heavy atom. The molecule has 0 saturated heterocycles. The minimum absolute atomic E-state index is 0.402. The molecule has 0 heterocycles. The van der Waals surface area contributed by atoms with E-state index in [0.29, 0.717) is 5.56 Å². The van der Waals surface area contributed by atoms with Gasteiger partial charge in [-0.3, -0.25) is 4.79 Å². The van der Waals surface area contributed by atoms with Crippen LogP contribution >= 0.6 is 11.6 Å². The first-order chi connectivity index (χ1) is 8.11. The zero-order valence-electron chi connectivity index (χ0n) is 9.83. The largest absolute Gasteiger partial charge is 0.276 e.